The van der Waals surface area contributed by atoms with Crippen LogP contribution in [-0.4, -0.2) is 37.5 Å². The lowest BCUT2D eigenvalue weighted by molar-refractivity contribution is -0.119. The second kappa shape index (κ2) is 8.02. The Morgan fingerprint density at radius 3 is 2.57 bits per heavy atom. The molecule has 1 rings (SSSR count). The highest BCUT2D eigenvalue weighted by molar-refractivity contribution is 5.82. The lowest BCUT2D eigenvalue weighted by atomic mass is 10.2. The number of hydrogen-bond acceptors (Lipinski definition) is 6. The molecule has 0 saturated heterocycles. The minimum absolute atomic E-state index is 0.246. The molecule has 0 aromatic heterocycles. The highest BCUT2D eigenvalue weighted by Crippen LogP contribution is 2.27. The van der Waals surface area contributed by atoms with Gasteiger partial charge in [0.25, 0.3) is 5.91 Å². The third-order valence-electron chi connectivity index (χ3n) is 2.33. The summed E-state index contributed by atoms with van der Waals surface area (Å²) in [5.41, 5.74) is 7.34. The quantitative estimate of drug-likeness (QED) is 0.607. The summed E-state index contributed by atoms with van der Waals surface area (Å²) in [4.78, 5) is 22.2. The first kappa shape index (κ1) is 18.3. The number of hydrazone groups is 1. The molecule has 0 bridgehead atoms. The number of methoxy groups -OCH3 is 1. The van der Waals surface area contributed by atoms with Crippen LogP contribution in [0.4, 0.5) is 4.79 Å². The van der Waals surface area contributed by atoms with Crippen LogP contribution in [0.5, 0.6) is 11.5 Å². The molecule has 0 aliphatic carbocycles. The van der Waals surface area contributed by atoms with Crippen LogP contribution in [0.1, 0.15) is 26.3 Å². The third-order valence-corrected chi connectivity index (χ3v) is 2.33. The number of nitrogens with zero attached hydrogens (tertiary/aromatic N) is 1. The number of carbonyl (C=O) groups excluding carboxylic acids is 2. The summed E-state index contributed by atoms with van der Waals surface area (Å²) in [6.45, 7) is 5.02. The number of benzene rings is 1. The molecule has 3 N–H and O–H groups in total. The minimum atomic E-state index is -0.651. The van der Waals surface area contributed by atoms with Gasteiger partial charge in [-0.15, -0.1) is 0 Å². The van der Waals surface area contributed by atoms with Gasteiger partial charge >= 0.3 is 6.09 Å². The molecule has 1 aromatic rings. The number of nitrogens with two attached hydrogens (primary N) is 1. The fourth-order valence-corrected chi connectivity index (χ4v) is 1.49. The van der Waals surface area contributed by atoms with Gasteiger partial charge in [0, 0.05) is 0 Å². The summed E-state index contributed by atoms with van der Waals surface area (Å²) in [7, 11) is 1.46. The largest absolute Gasteiger partial charge is 0.493 e. The Morgan fingerprint density at radius 1 is 1.30 bits per heavy atom. The highest BCUT2D eigenvalue weighted by Gasteiger charge is 2.15. The second-order valence-electron chi connectivity index (χ2n) is 5.54. The minimum Gasteiger partial charge on any atom is -0.493 e. The predicted molar refractivity (Wildman–Crippen MR) is 84.6 cm³/mol. The van der Waals surface area contributed by atoms with Gasteiger partial charge in [0.2, 0.25) is 0 Å². The molecular formula is C15H21N3O5. The third kappa shape index (κ3) is 7.16. The van der Waals surface area contributed by atoms with E-state index in [4.69, 9.17) is 19.9 Å². The molecule has 8 heteroatoms. The molecule has 126 valence electrons. The SMILES string of the molecule is COc1cc(/C=N\NC(=O)OC(C)(C)C)ccc1OCC(N)=O. The van der Waals surface area contributed by atoms with Crippen molar-refractivity contribution in [2.75, 3.05) is 13.7 Å². The Bertz CT molecular complexity index is 593. The van der Waals surface area contributed by atoms with Crippen LogP contribution >= 0.6 is 0 Å². The smallest absolute Gasteiger partial charge is 0.428 e. The first-order valence-electron chi connectivity index (χ1n) is 6.82. The van der Waals surface area contributed by atoms with Crippen molar-refractivity contribution in [2.45, 2.75) is 26.4 Å². The molecule has 0 fully saturated rings. The first-order valence-corrected chi connectivity index (χ1v) is 6.82. The van der Waals surface area contributed by atoms with Gasteiger partial charge in [-0.1, -0.05) is 0 Å². The number of nitrogens with one attached hydrogen (secondary N) is 1. The summed E-state index contributed by atoms with van der Waals surface area (Å²) >= 11 is 0. The van der Waals surface area contributed by atoms with Crippen molar-refractivity contribution in [3.63, 3.8) is 0 Å². The van der Waals surface area contributed by atoms with Gasteiger partial charge in [0.1, 0.15) is 5.60 Å². The fourth-order valence-electron chi connectivity index (χ4n) is 1.49. The van der Waals surface area contributed by atoms with Crippen LogP contribution in [0.25, 0.3) is 0 Å². The zero-order chi connectivity index (χ0) is 17.5. The summed E-state index contributed by atoms with van der Waals surface area (Å²) in [5, 5.41) is 3.78. The Hall–Kier alpha value is -2.77. The van der Waals surface area contributed by atoms with Crippen molar-refractivity contribution in [3.8, 4) is 11.5 Å². The zero-order valence-electron chi connectivity index (χ0n) is 13.6. The lowest BCUT2D eigenvalue weighted by Crippen LogP contribution is -2.29. The van der Waals surface area contributed by atoms with Gasteiger partial charge in [-0.3, -0.25) is 4.79 Å². The van der Waals surface area contributed by atoms with E-state index in [2.05, 4.69) is 10.5 Å². The second-order valence-corrected chi connectivity index (χ2v) is 5.54. The molecule has 0 aliphatic heterocycles. The van der Waals surface area contributed by atoms with Gasteiger partial charge in [-0.05, 0) is 44.5 Å². The van der Waals surface area contributed by atoms with Crippen molar-refractivity contribution in [1.29, 1.82) is 0 Å². The number of rotatable bonds is 6. The molecule has 8 nitrogen and oxygen atoms in total. The average Bonchev–Trinajstić information content (AvgIpc) is 2.43. The number of primary amides is 1. The molecule has 23 heavy (non-hydrogen) atoms. The summed E-state index contributed by atoms with van der Waals surface area (Å²) < 4.78 is 15.4. The van der Waals surface area contributed by atoms with Gasteiger partial charge in [-0.25, -0.2) is 10.2 Å². The molecule has 0 saturated carbocycles. The number of carbonyl (C=O) groups is 2. The van der Waals surface area contributed by atoms with Crippen molar-refractivity contribution in [1.82, 2.24) is 5.43 Å². The van der Waals surface area contributed by atoms with Gasteiger partial charge in [0.05, 0.1) is 13.3 Å². The Kier molecular flexibility index (Phi) is 6.37. The maximum absolute atomic E-state index is 11.4. The van der Waals surface area contributed by atoms with Crippen LogP contribution in [0, 0.1) is 0 Å². The van der Waals surface area contributed by atoms with Crippen LogP contribution in [0.2, 0.25) is 0 Å². The van der Waals surface area contributed by atoms with E-state index in [1.165, 1.54) is 13.3 Å². The Balaban J connectivity index is 2.69. The van der Waals surface area contributed by atoms with E-state index in [1.54, 1.807) is 39.0 Å². The van der Waals surface area contributed by atoms with E-state index in [0.29, 0.717) is 17.1 Å². The lowest BCUT2D eigenvalue weighted by Gasteiger charge is -2.18. The van der Waals surface area contributed by atoms with E-state index < -0.39 is 17.6 Å². The summed E-state index contributed by atoms with van der Waals surface area (Å²) in [6, 6.07) is 4.92. The zero-order valence-corrected chi connectivity index (χ0v) is 13.6. The van der Waals surface area contributed by atoms with Gasteiger partial charge in [-0.2, -0.15) is 5.10 Å². The highest BCUT2D eigenvalue weighted by atomic mass is 16.6. The van der Waals surface area contributed by atoms with Gasteiger partial charge < -0.3 is 19.9 Å². The van der Waals surface area contributed by atoms with Crippen LogP contribution in [0.3, 0.4) is 0 Å². The van der Waals surface area contributed by atoms with Crippen molar-refractivity contribution < 1.29 is 23.8 Å². The monoisotopic (exact) mass is 323 g/mol. The molecule has 0 aliphatic rings. The number of amides is 2. The number of hydrogen-bond donors (Lipinski definition) is 2. The molecule has 0 atom stereocenters. The topological polar surface area (TPSA) is 112 Å². The molecule has 2 amide bonds. The van der Waals surface area contributed by atoms with E-state index >= 15 is 0 Å². The average molecular weight is 323 g/mol. The van der Waals surface area contributed by atoms with Crippen molar-refractivity contribution in [3.05, 3.63) is 23.8 Å². The fraction of sp³-hybridized carbons (Fsp3) is 0.400. The standard InChI is InChI=1S/C15H21N3O5/c1-15(2,3)23-14(20)18-17-8-10-5-6-11(12(7-10)21-4)22-9-13(16)19/h5-8H,9H2,1-4H3,(H2,16,19)(H,18,20)/b17-8-. The Labute approximate surface area is 134 Å². The van der Waals surface area contributed by atoms with E-state index in [9.17, 15) is 9.59 Å². The van der Waals surface area contributed by atoms with Crippen LogP contribution < -0.4 is 20.6 Å². The van der Waals surface area contributed by atoms with Gasteiger partial charge in [0.15, 0.2) is 18.1 Å². The van der Waals surface area contributed by atoms with Crippen molar-refractivity contribution in [2.24, 2.45) is 10.8 Å². The van der Waals surface area contributed by atoms with E-state index in [0.717, 1.165) is 0 Å². The predicted octanol–water partition coefficient (Wildman–Crippen LogP) is 1.42. The van der Waals surface area contributed by atoms with E-state index in [1.807, 2.05) is 0 Å². The van der Waals surface area contributed by atoms with Crippen LogP contribution in [0.15, 0.2) is 23.3 Å². The first-order chi connectivity index (χ1) is 10.7. The van der Waals surface area contributed by atoms with Crippen molar-refractivity contribution >= 4 is 18.2 Å². The molecule has 1 aromatic carbocycles. The molecule has 0 unspecified atom stereocenters. The summed E-state index contributed by atoms with van der Waals surface area (Å²) in [6.07, 6.45) is 0.770. The summed E-state index contributed by atoms with van der Waals surface area (Å²) in [5.74, 6) is 0.204. The number of ether oxygens (including phenoxy) is 3. The maximum Gasteiger partial charge on any atom is 0.428 e. The maximum atomic E-state index is 11.4. The molecule has 0 radical (unpaired) electrons. The normalized spacial score (nSPS) is 11.1. The molecule has 0 spiro atoms. The Morgan fingerprint density at radius 2 is 2.00 bits per heavy atom. The molecular weight excluding hydrogens is 302 g/mol. The molecule has 0 heterocycles. The van der Waals surface area contributed by atoms with Crippen LogP contribution in [-0.2, 0) is 9.53 Å². The van der Waals surface area contributed by atoms with E-state index in [-0.39, 0.29) is 6.61 Å².